The molecule has 0 aliphatic carbocycles. The van der Waals surface area contributed by atoms with Gasteiger partial charge in [-0.2, -0.15) is 4.99 Å². The van der Waals surface area contributed by atoms with E-state index in [1.54, 1.807) is 12.1 Å². The van der Waals surface area contributed by atoms with E-state index in [1.807, 2.05) is 13.8 Å². The van der Waals surface area contributed by atoms with Gasteiger partial charge in [0.05, 0.1) is 10.5 Å². The second-order valence-electron chi connectivity index (χ2n) is 4.97. The summed E-state index contributed by atoms with van der Waals surface area (Å²) in [4.78, 5) is 15.6. The van der Waals surface area contributed by atoms with Crippen molar-refractivity contribution in [3.05, 3.63) is 27.7 Å². The molecule has 1 aromatic rings. The highest BCUT2D eigenvalue weighted by Gasteiger charge is 2.25. The number of amides is 1. The Morgan fingerprint density at radius 1 is 1.27 bits per heavy atom. The zero-order valence-corrected chi connectivity index (χ0v) is 15.2. The highest BCUT2D eigenvalue weighted by molar-refractivity contribution is 9.10. The number of carbonyl (C=O) groups is 1. The minimum atomic E-state index is -3.52. The van der Waals surface area contributed by atoms with Crippen LogP contribution in [0.4, 0.5) is 0 Å². The molecule has 22 heavy (non-hydrogen) atoms. The minimum absolute atomic E-state index is 0.0910. The zero-order chi connectivity index (χ0) is 17.1. The number of sulfone groups is 1. The molecular weight excluding hydrogens is 370 g/mol. The first kappa shape index (κ1) is 18.6. The Bertz CT molecular complexity index is 706. The number of hydrogen-bond donors (Lipinski definition) is 2. The first-order valence-electron chi connectivity index (χ1n) is 6.79. The maximum Gasteiger partial charge on any atom is 0.281 e. The maximum atomic E-state index is 12.2. The van der Waals surface area contributed by atoms with Crippen LogP contribution in [0.25, 0.3) is 0 Å². The average Bonchev–Trinajstić information content (AvgIpc) is 2.37. The van der Waals surface area contributed by atoms with Gasteiger partial charge in [-0.25, -0.2) is 8.42 Å². The quantitative estimate of drug-likeness (QED) is 0.591. The van der Waals surface area contributed by atoms with Crippen molar-refractivity contribution in [2.24, 2.45) is 16.5 Å². The van der Waals surface area contributed by atoms with Crippen LogP contribution in [0.2, 0.25) is 0 Å². The summed E-state index contributed by atoms with van der Waals surface area (Å²) in [5.74, 6) is -0.969. The van der Waals surface area contributed by atoms with Crippen LogP contribution in [0.15, 0.2) is 26.5 Å². The van der Waals surface area contributed by atoms with Gasteiger partial charge in [0.1, 0.15) is 0 Å². The van der Waals surface area contributed by atoms with Crippen LogP contribution >= 0.6 is 15.9 Å². The standard InChI is InChI=1S/C14H20BrN3O3S/c1-4-8(5-2)9-6-7-10(13(19)18-14(16)17)11(15)12(9)22(3,20)21/h6-8H,4-5H2,1-3H3,(H4,16,17,18,19). The third kappa shape index (κ3) is 4.07. The number of nitrogens with zero attached hydrogens (tertiary/aromatic N) is 1. The minimum Gasteiger partial charge on any atom is -0.370 e. The van der Waals surface area contributed by atoms with Gasteiger partial charge in [-0.1, -0.05) is 19.9 Å². The van der Waals surface area contributed by atoms with Crippen LogP contribution in [0, 0.1) is 0 Å². The van der Waals surface area contributed by atoms with Gasteiger partial charge < -0.3 is 11.5 Å². The topological polar surface area (TPSA) is 116 Å². The summed E-state index contributed by atoms with van der Waals surface area (Å²) >= 11 is 3.23. The number of nitrogens with two attached hydrogens (primary N) is 2. The van der Waals surface area contributed by atoms with E-state index in [9.17, 15) is 13.2 Å². The molecule has 4 N–H and O–H groups in total. The van der Waals surface area contributed by atoms with Gasteiger partial charge in [-0.15, -0.1) is 0 Å². The first-order valence-corrected chi connectivity index (χ1v) is 9.48. The molecular formula is C14H20BrN3O3S. The van der Waals surface area contributed by atoms with Crippen LogP contribution in [0.5, 0.6) is 0 Å². The number of carbonyl (C=O) groups excluding carboxylic acids is 1. The fourth-order valence-electron chi connectivity index (χ4n) is 2.34. The number of aliphatic imine (C=N–C) groups is 1. The summed E-state index contributed by atoms with van der Waals surface area (Å²) in [6, 6.07) is 3.20. The van der Waals surface area contributed by atoms with Gasteiger partial charge in [0.25, 0.3) is 5.91 Å². The van der Waals surface area contributed by atoms with Gasteiger partial charge in [0.2, 0.25) is 0 Å². The van der Waals surface area contributed by atoms with Crippen molar-refractivity contribution in [3.63, 3.8) is 0 Å². The lowest BCUT2D eigenvalue weighted by Crippen LogP contribution is -2.24. The monoisotopic (exact) mass is 389 g/mol. The second kappa shape index (κ2) is 7.23. The zero-order valence-electron chi connectivity index (χ0n) is 12.8. The average molecular weight is 390 g/mol. The number of benzene rings is 1. The van der Waals surface area contributed by atoms with Gasteiger partial charge in [-0.3, -0.25) is 4.79 Å². The summed E-state index contributed by atoms with van der Waals surface area (Å²) < 4.78 is 24.6. The Labute approximate surface area is 139 Å². The molecule has 0 fully saturated rings. The molecule has 1 amide bonds. The Morgan fingerprint density at radius 3 is 2.23 bits per heavy atom. The van der Waals surface area contributed by atoms with E-state index in [0.29, 0.717) is 5.56 Å². The van der Waals surface area contributed by atoms with E-state index in [0.717, 1.165) is 19.1 Å². The summed E-state index contributed by atoms with van der Waals surface area (Å²) in [5, 5.41) is 0. The second-order valence-corrected chi connectivity index (χ2v) is 7.72. The highest BCUT2D eigenvalue weighted by atomic mass is 79.9. The van der Waals surface area contributed by atoms with Crippen molar-refractivity contribution in [1.29, 1.82) is 0 Å². The van der Waals surface area contributed by atoms with E-state index in [1.165, 1.54) is 0 Å². The predicted octanol–water partition coefficient (Wildman–Crippen LogP) is 2.17. The molecule has 0 heterocycles. The molecule has 1 rings (SSSR count). The largest absolute Gasteiger partial charge is 0.370 e. The molecule has 0 aromatic heterocycles. The molecule has 0 spiro atoms. The van der Waals surface area contributed by atoms with Crippen molar-refractivity contribution >= 4 is 37.6 Å². The summed E-state index contributed by atoms with van der Waals surface area (Å²) in [6.45, 7) is 3.99. The molecule has 0 radical (unpaired) electrons. The molecule has 0 saturated carbocycles. The van der Waals surface area contributed by atoms with E-state index < -0.39 is 15.7 Å². The van der Waals surface area contributed by atoms with E-state index in [4.69, 9.17) is 11.5 Å². The maximum absolute atomic E-state index is 12.2. The van der Waals surface area contributed by atoms with Crippen LogP contribution in [-0.4, -0.2) is 26.5 Å². The molecule has 0 bridgehead atoms. The number of guanidine groups is 1. The molecule has 6 nitrogen and oxygen atoms in total. The lowest BCUT2D eigenvalue weighted by atomic mass is 9.93. The lowest BCUT2D eigenvalue weighted by Gasteiger charge is -2.19. The Hall–Kier alpha value is -1.41. The fraction of sp³-hybridized carbons (Fsp3) is 0.429. The van der Waals surface area contributed by atoms with Crippen molar-refractivity contribution in [1.82, 2.24) is 0 Å². The third-order valence-corrected chi connectivity index (χ3v) is 5.65. The molecule has 0 atom stereocenters. The Kier molecular flexibility index (Phi) is 6.13. The number of hydrogen-bond acceptors (Lipinski definition) is 3. The van der Waals surface area contributed by atoms with Crippen molar-refractivity contribution < 1.29 is 13.2 Å². The summed E-state index contributed by atoms with van der Waals surface area (Å²) in [5.41, 5.74) is 11.2. The molecule has 122 valence electrons. The summed E-state index contributed by atoms with van der Waals surface area (Å²) in [7, 11) is -3.52. The molecule has 0 saturated heterocycles. The molecule has 0 aliphatic rings. The molecule has 1 aromatic carbocycles. The first-order chi connectivity index (χ1) is 10.1. The highest BCUT2D eigenvalue weighted by Crippen LogP contribution is 2.36. The molecule has 0 aliphatic heterocycles. The van der Waals surface area contributed by atoms with Crippen molar-refractivity contribution in [2.45, 2.75) is 37.5 Å². The van der Waals surface area contributed by atoms with Crippen molar-refractivity contribution in [3.8, 4) is 0 Å². The fourth-order valence-corrected chi connectivity index (χ4v) is 4.85. The third-order valence-electron chi connectivity index (χ3n) is 3.38. The van der Waals surface area contributed by atoms with Crippen molar-refractivity contribution in [2.75, 3.05) is 6.26 Å². The smallest absolute Gasteiger partial charge is 0.281 e. The van der Waals surface area contributed by atoms with E-state index in [-0.39, 0.29) is 26.8 Å². The van der Waals surface area contributed by atoms with Crippen LogP contribution < -0.4 is 11.5 Å². The van der Waals surface area contributed by atoms with Gasteiger partial charge in [-0.05, 0) is 46.3 Å². The Morgan fingerprint density at radius 2 is 1.82 bits per heavy atom. The molecule has 8 heteroatoms. The summed E-state index contributed by atoms with van der Waals surface area (Å²) in [6.07, 6.45) is 2.72. The molecule has 0 unspecified atom stereocenters. The van der Waals surface area contributed by atoms with Gasteiger partial charge in [0, 0.05) is 10.7 Å². The predicted molar refractivity (Wildman–Crippen MR) is 90.7 cm³/mol. The number of halogens is 1. The van der Waals surface area contributed by atoms with E-state index in [2.05, 4.69) is 20.9 Å². The van der Waals surface area contributed by atoms with Gasteiger partial charge >= 0.3 is 0 Å². The van der Waals surface area contributed by atoms with Crippen LogP contribution in [0.3, 0.4) is 0 Å². The lowest BCUT2D eigenvalue weighted by molar-refractivity contribution is 0.100. The van der Waals surface area contributed by atoms with E-state index >= 15 is 0 Å². The Balaban J connectivity index is 3.65. The van der Waals surface area contributed by atoms with Gasteiger partial charge in [0.15, 0.2) is 15.8 Å². The SMILES string of the molecule is CCC(CC)c1ccc(C(=O)N=C(N)N)c(Br)c1S(C)(=O)=O. The number of rotatable bonds is 5. The van der Waals surface area contributed by atoms with Crippen LogP contribution in [0.1, 0.15) is 48.5 Å². The van der Waals surface area contributed by atoms with Crippen LogP contribution in [-0.2, 0) is 9.84 Å². The normalized spacial score (nSPS) is 11.5.